The van der Waals surface area contributed by atoms with Gasteiger partial charge in [0.2, 0.25) is 0 Å². The quantitative estimate of drug-likeness (QED) is 0.919. The van der Waals surface area contributed by atoms with Gasteiger partial charge < -0.3 is 10.1 Å². The molecule has 114 valence electrons. The van der Waals surface area contributed by atoms with Crippen LogP contribution in [0.2, 0.25) is 0 Å². The molecule has 0 aliphatic heterocycles. The summed E-state index contributed by atoms with van der Waals surface area (Å²) in [6.45, 7) is 5.05. The average molecular weight is 286 g/mol. The third kappa shape index (κ3) is 3.11. The van der Waals surface area contributed by atoms with Crippen LogP contribution >= 0.6 is 0 Å². The lowest BCUT2D eigenvalue weighted by Crippen LogP contribution is -2.44. The van der Waals surface area contributed by atoms with Crippen LogP contribution in [0.1, 0.15) is 38.3 Å². The third-order valence-electron chi connectivity index (χ3n) is 4.83. The Hall–Kier alpha value is -1.39. The zero-order valence-corrected chi connectivity index (χ0v) is 12.9. The van der Waals surface area contributed by atoms with Gasteiger partial charge in [0.25, 0.3) is 0 Å². The second kappa shape index (κ2) is 6.58. The van der Waals surface area contributed by atoms with Gasteiger partial charge in [-0.25, -0.2) is 4.98 Å². The summed E-state index contributed by atoms with van der Waals surface area (Å²) in [5.41, 5.74) is 8.18. The van der Waals surface area contributed by atoms with E-state index in [1.165, 1.54) is 25.7 Å². The first-order valence-electron chi connectivity index (χ1n) is 8.18. The lowest BCUT2D eigenvalue weighted by atomic mass is 9.83. The minimum atomic E-state index is 0.624. The maximum atomic E-state index is 5.99. The highest BCUT2D eigenvalue weighted by Gasteiger charge is 2.28. The molecule has 1 aliphatic rings. The first kappa shape index (κ1) is 14.5. The predicted molar refractivity (Wildman–Crippen MR) is 86.1 cm³/mol. The van der Waals surface area contributed by atoms with E-state index in [1.807, 2.05) is 12.1 Å². The van der Waals surface area contributed by atoms with Crippen molar-refractivity contribution in [1.82, 2.24) is 14.3 Å². The summed E-state index contributed by atoms with van der Waals surface area (Å²) in [5, 5.41) is 0. The van der Waals surface area contributed by atoms with E-state index < -0.39 is 0 Å². The number of hydrogen-bond acceptors (Lipinski definition) is 3. The molecule has 0 radical (unpaired) electrons. The van der Waals surface area contributed by atoms with Crippen LogP contribution in [-0.4, -0.2) is 33.4 Å². The van der Waals surface area contributed by atoms with Crippen LogP contribution in [0.3, 0.4) is 0 Å². The van der Waals surface area contributed by atoms with Gasteiger partial charge in [0.1, 0.15) is 5.65 Å². The standard InChI is InChI=1S/C17H26N4/c1-2-20(16-8-4-3-7-14(16)11-18)12-15-13-21-10-6-5-9-17(21)19-15/h5-6,9-10,13-14,16H,2-4,7-8,11-12,18H2,1H3. The van der Waals surface area contributed by atoms with Gasteiger partial charge in [-0.3, -0.25) is 4.90 Å². The molecular formula is C17H26N4. The molecule has 0 saturated heterocycles. The molecule has 4 nitrogen and oxygen atoms in total. The Balaban J connectivity index is 1.76. The van der Waals surface area contributed by atoms with E-state index in [9.17, 15) is 0 Å². The van der Waals surface area contributed by atoms with Crippen molar-refractivity contribution in [3.63, 3.8) is 0 Å². The Morgan fingerprint density at radius 2 is 2.19 bits per heavy atom. The Bertz CT molecular complexity index is 544. The normalized spacial score (nSPS) is 23.0. The Labute approximate surface area is 127 Å². The molecule has 1 saturated carbocycles. The van der Waals surface area contributed by atoms with Gasteiger partial charge >= 0.3 is 0 Å². The zero-order valence-electron chi connectivity index (χ0n) is 12.9. The highest BCUT2D eigenvalue weighted by atomic mass is 15.2. The van der Waals surface area contributed by atoms with Gasteiger partial charge in [-0.1, -0.05) is 25.8 Å². The van der Waals surface area contributed by atoms with Crippen molar-refractivity contribution < 1.29 is 0 Å². The van der Waals surface area contributed by atoms with Gasteiger partial charge in [-0.15, -0.1) is 0 Å². The topological polar surface area (TPSA) is 46.6 Å². The van der Waals surface area contributed by atoms with Crippen molar-refractivity contribution >= 4 is 5.65 Å². The second-order valence-electron chi connectivity index (χ2n) is 6.11. The smallest absolute Gasteiger partial charge is 0.137 e. The van der Waals surface area contributed by atoms with Gasteiger partial charge in [0.15, 0.2) is 0 Å². The van der Waals surface area contributed by atoms with Gasteiger partial charge in [0, 0.05) is 25.0 Å². The van der Waals surface area contributed by atoms with Crippen LogP contribution in [0.5, 0.6) is 0 Å². The molecule has 1 aliphatic carbocycles. The summed E-state index contributed by atoms with van der Waals surface area (Å²) in [6.07, 6.45) is 9.45. The summed E-state index contributed by atoms with van der Waals surface area (Å²) in [4.78, 5) is 7.30. The van der Waals surface area contributed by atoms with Crippen molar-refractivity contribution in [3.05, 3.63) is 36.3 Å². The molecule has 2 atom stereocenters. The van der Waals surface area contributed by atoms with Crippen LogP contribution < -0.4 is 5.73 Å². The van der Waals surface area contributed by atoms with Crippen LogP contribution in [0.15, 0.2) is 30.6 Å². The predicted octanol–water partition coefficient (Wildman–Crippen LogP) is 2.67. The summed E-state index contributed by atoms with van der Waals surface area (Å²) < 4.78 is 2.10. The molecule has 0 amide bonds. The van der Waals surface area contributed by atoms with Gasteiger partial charge in [0.05, 0.1) is 5.69 Å². The van der Waals surface area contributed by atoms with E-state index in [0.717, 1.165) is 31.0 Å². The lowest BCUT2D eigenvalue weighted by Gasteiger charge is -2.39. The SMILES string of the molecule is CCN(Cc1cn2ccccc2n1)C1CCCCC1CN. The zero-order chi connectivity index (χ0) is 14.7. The van der Waals surface area contributed by atoms with Crippen LogP contribution in [-0.2, 0) is 6.54 Å². The maximum Gasteiger partial charge on any atom is 0.137 e. The van der Waals surface area contributed by atoms with Gasteiger partial charge in [-0.2, -0.15) is 0 Å². The maximum absolute atomic E-state index is 5.99. The Morgan fingerprint density at radius 1 is 1.33 bits per heavy atom. The van der Waals surface area contributed by atoms with Crippen LogP contribution in [0.25, 0.3) is 5.65 Å². The van der Waals surface area contributed by atoms with E-state index in [-0.39, 0.29) is 0 Å². The van der Waals surface area contributed by atoms with Crippen molar-refractivity contribution in [2.24, 2.45) is 11.7 Å². The van der Waals surface area contributed by atoms with E-state index in [4.69, 9.17) is 10.7 Å². The fraction of sp³-hybridized carbons (Fsp3) is 0.588. The third-order valence-corrected chi connectivity index (χ3v) is 4.83. The molecule has 0 aromatic carbocycles. The van der Waals surface area contributed by atoms with Crippen molar-refractivity contribution in [2.75, 3.05) is 13.1 Å². The summed E-state index contributed by atoms with van der Waals surface area (Å²) in [7, 11) is 0. The number of hydrogen-bond donors (Lipinski definition) is 1. The lowest BCUT2D eigenvalue weighted by molar-refractivity contribution is 0.104. The van der Waals surface area contributed by atoms with Gasteiger partial charge in [-0.05, 0) is 44.0 Å². The molecule has 4 heteroatoms. The fourth-order valence-corrected chi connectivity index (χ4v) is 3.68. The number of fused-ring (bicyclic) bond motifs is 1. The molecule has 0 bridgehead atoms. The largest absolute Gasteiger partial charge is 0.330 e. The summed E-state index contributed by atoms with van der Waals surface area (Å²) in [5.74, 6) is 0.649. The van der Waals surface area contributed by atoms with E-state index >= 15 is 0 Å². The fourth-order valence-electron chi connectivity index (χ4n) is 3.68. The molecule has 1 fully saturated rings. The molecule has 21 heavy (non-hydrogen) atoms. The number of rotatable bonds is 5. The second-order valence-corrected chi connectivity index (χ2v) is 6.11. The summed E-state index contributed by atoms with van der Waals surface area (Å²) in [6, 6.07) is 6.76. The van der Waals surface area contributed by atoms with Crippen LogP contribution in [0.4, 0.5) is 0 Å². The Morgan fingerprint density at radius 3 is 2.95 bits per heavy atom. The minimum Gasteiger partial charge on any atom is -0.330 e. The Kier molecular flexibility index (Phi) is 4.56. The molecule has 2 heterocycles. The number of aromatic nitrogens is 2. The molecule has 2 unspecified atom stereocenters. The van der Waals surface area contributed by atoms with Crippen molar-refractivity contribution in [1.29, 1.82) is 0 Å². The molecule has 2 N–H and O–H groups in total. The van der Waals surface area contributed by atoms with Crippen molar-refractivity contribution in [3.8, 4) is 0 Å². The molecule has 0 spiro atoms. The molecule has 2 aromatic heterocycles. The van der Waals surface area contributed by atoms with Crippen LogP contribution in [0, 0.1) is 5.92 Å². The number of nitrogens with zero attached hydrogens (tertiary/aromatic N) is 3. The minimum absolute atomic E-state index is 0.624. The van der Waals surface area contributed by atoms with E-state index in [2.05, 4.69) is 34.7 Å². The highest BCUT2D eigenvalue weighted by Crippen LogP contribution is 2.28. The summed E-state index contributed by atoms with van der Waals surface area (Å²) >= 11 is 0. The van der Waals surface area contributed by atoms with E-state index in [1.54, 1.807) is 0 Å². The van der Waals surface area contributed by atoms with Crippen molar-refractivity contribution in [2.45, 2.75) is 45.2 Å². The first-order valence-corrected chi connectivity index (χ1v) is 8.18. The molecule has 2 aromatic rings. The number of pyridine rings is 1. The number of imidazole rings is 1. The average Bonchev–Trinajstić information content (AvgIpc) is 2.95. The van der Waals surface area contributed by atoms with E-state index in [0.29, 0.717) is 12.0 Å². The molecular weight excluding hydrogens is 260 g/mol. The first-order chi connectivity index (χ1) is 10.3. The monoisotopic (exact) mass is 286 g/mol. The number of nitrogens with two attached hydrogens (primary N) is 1. The molecule has 3 rings (SSSR count). The highest BCUT2D eigenvalue weighted by molar-refractivity contribution is 5.39.